The first-order valence-electron chi connectivity index (χ1n) is 8.49. The topological polar surface area (TPSA) is 77.1 Å². The van der Waals surface area contributed by atoms with E-state index in [0.29, 0.717) is 23.7 Å². The van der Waals surface area contributed by atoms with E-state index in [1.165, 1.54) is 9.13 Å². The molecule has 0 bridgehead atoms. The molecule has 0 aliphatic heterocycles. The number of aryl methyl sites for hydroxylation is 2. The first kappa shape index (κ1) is 17.9. The van der Waals surface area contributed by atoms with E-state index in [9.17, 15) is 9.59 Å². The molecule has 3 rings (SSSR count). The van der Waals surface area contributed by atoms with Crippen molar-refractivity contribution < 1.29 is 0 Å². The van der Waals surface area contributed by atoms with Crippen LogP contribution in [-0.2, 0) is 20.6 Å². The third-order valence-corrected chi connectivity index (χ3v) is 4.39. The molecule has 0 spiro atoms. The Morgan fingerprint density at radius 3 is 2.42 bits per heavy atom. The summed E-state index contributed by atoms with van der Waals surface area (Å²) >= 11 is 0. The summed E-state index contributed by atoms with van der Waals surface area (Å²) in [6, 6.07) is 9.47. The highest BCUT2D eigenvalue weighted by atomic mass is 16.2. The fourth-order valence-electron chi connectivity index (χ4n) is 2.90. The number of likely N-dealkylation sites (N-methyl/N-ethyl adjacent to an activating group) is 1. The monoisotopic (exact) mass is 356 g/mol. The molecular weight excluding hydrogens is 332 g/mol. The predicted molar refractivity (Wildman–Crippen MR) is 103 cm³/mol. The lowest BCUT2D eigenvalue weighted by Gasteiger charge is -2.10. The Kier molecular flexibility index (Phi) is 4.94. The van der Waals surface area contributed by atoms with E-state index in [4.69, 9.17) is 0 Å². The summed E-state index contributed by atoms with van der Waals surface area (Å²) in [5, 5.41) is 3.22. The zero-order valence-electron chi connectivity index (χ0n) is 15.6. The maximum Gasteiger partial charge on any atom is 0.332 e. The van der Waals surface area contributed by atoms with Crippen molar-refractivity contribution in [2.45, 2.75) is 6.54 Å². The molecule has 0 unspecified atom stereocenters. The van der Waals surface area contributed by atoms with Gasteiger partial charge >= 0.3 is 5.69 Å². The molecule has 1 N–H and O–H groups in total. The lowest BCUT2D eigenvalue weighted by atomic mass is 10.2. The Morgan fingerprint density at radius 1 is 1.08 bits per heavy atom. The standard InChI is InChI=1S/C18H24N6O2/c1-21(2)11-10-19-17-20-15-14(22(17)3)16(25)24(18(26)23(15)4)12-13-8-6-5-7-9-13/h5-9H,10-12H2,1-4H3,(H,19,20). The van der Waals surface area contributed by atoms with Crippen LogP contribution in [0.4, 0.5) is 5.95 Å². The number of nitrogens with zero attached hydrogens (tertiary/aromatic N) is 5. The molecule has 2 aromatic heterocycles. The van der Waals surface area contributed by atoms with Gasteiger partial charge in [-0.25, -0.2) is 4.79 Å². The lowest BCUT2D eigenvalue weighted by molar-refractivity contribution is 0.424. The second-order valence-electron chi connectivity index (χ2n) is 6.62. The van der Waals surface area contributed by atoms with Crippen molar-refractivity contribution in [3.8, 4) is 0 Å². The SMILES string of the molecule is CN(C)CCNc1nc2c(c(=O)n(Cc3ccccc3)c(=O)n2C)n1C. The smallest absolute Gasteiger partial charge is 0.332 e. The number of aromatic nitrogens is 4. The van der Waals surface area contributed by atoms with Gasteiger partial charge in [0.05, 0.1) is 6.54 Å². The van der Waals surface area contributed by atoms with Crippen molar-refractivity contribution in [2.24, 2.45) is 14.1 Å². The van der Waals surface area contributed by atoms with E-state index < -0.39 is 0 Å². The molecule has 8 heteroatoms. The summed E-state index contributed by atoms with van der Waals surface area (Å²) in [6.07, 6.45) is 0. The molecule has 138 valence electrons. The van der Waals surface area contributed by atoms with Crippen molar-refractivity contribution in [3.63, 3.8) is 0 Å². The third-order valence-electron chi connectivity index (χ3n) is 4.39. The molecule has 2 heterocycles. The van der Waals surface area contributed by atoms with Crippen LogP contribution in [0.1, 0.15) is 5.56 Å². The molecule has 0 aliphatic carbocycles. The largest absolute Gasteiger partial charge is 0.354 e. The van der Waals surface area contributed by atoms with Crippen LogP contribution >= 0.6 is 0 Å². The van der Waals surface area contributed by atoms with Crippen LogP contribution < -0.4 is 16.6 Å². The zero-order chi connectivity index (χ0) is 18.8. The summed E-state index contributed by atoms with van der Waals surface area (Å²) in [5.74, 6) is 0.575. The highest BCUT2D eigenvalue weighted by Crippen LogP contribution is 2.13. The molecular formula is C18H24N6O2. The molecule has 0 radical (unpaired) electrons. The van der Waals surface area contributed by atoms with Gasteiger partial charge in [0.15, 0.2) is 11.2 Å². The molecule has 0 amide bonds. The van der Waals surface area contributed by atoms with E-state index in [2.05, 4.69) is 15.2 Å². The van der Waals surface area contributed by atoms with Gasteiger partial charge in [-0.05, 0) is 19.7 Å². The Labute approximate surface area is 151 Å². The normalized spacial score (nSPS) is 11.4. The molecule has 0 aliphatic rings. The lowest BCUT2D eigenvalue weighted by Crippen LogP contribution is -2.39. The fraction of sp³-hybridized carbons (Fsp3) is 0.389. The Hall–Kier alpha value is -2.87. The number of imidazole rings is 1. The van der Waals surface area contributed by atoms with E-state index in [1.807, 2.05) is 44.4 Å². The number of nitrogens with one attached hydrogen (secondary N) is 1. The van der Waals surface area contributed by atoms with E-state index in [-0.39, 0.29) is 17.8 Å². The van der Waals surface area contributed by atoms with Crippen LogP contribution in [0.25, 0.3) is 11.2 Å². The molecule has 0 saturated heterocycles. The minimum Gasteiger partial charge on any atom is -0.354 e. The summed E-state index contributed by atoms with van der Waals surface area (Å²) in [7, 11) is 7.40. The zero-order valence-corrected chi connectivity index (χ0v) is 15.6. The summed E-state index contributed by atoms with van der Waals surface area (Å²) in [4.78, 5) is 32.2. The number of fused-ring (bicyclic) bond motifs is 1. The van der Waals surface area contributed by atoms with Crippen molar-refractivity contribution in [1.82, 2.24) is 23.6 Å². The van der Waals surface area contributed by atoms with E-state index in [0.717, 1.165) is 12.1 Å². The van der Waals surface area contributed by atoms with Crippen molar-refractivity contribution in [1.29, 1.82) is 0 Å². The van der Waals surface area contributed by atoms with Gasteiger partial charge in [-0.1, -0.05) is 30.3 Å². The Bertz CT molecular complexity index is 1030. The maximum atomic E-state index is 13.0. The van der Waals surface area contributed by atoms with Gasteiger partial charge < -0.3 is 14.8 Å². The molecule has 0 saturated carbocycles. The van der Waals surface area contributed by atoms with E-state index >= 15 is 0 Å². The maximum absolute atomic E-state index is 13.0. The van der Waals surface area contributed by atoms with Crippen molar-refractivity contribution in [3.05, 3.63) is 56.7 Å². The van der Waals surface area contributed by atoms with Gasteiger partial charge in [-0.15, -0.1) is 0 Å². The third kappa shape index (κ3) is 3.28. The average Bonchev–Trinajstić information content (AvgIpc) is 2.94. The van der Waals surface area contributed by atoms with Crippen LogP contribution in [0.15, 0.2) is 39.9 Å². The molecule has 0 atom stereocenters. The van der Waals surface area contributed by atoms with Gasteiger partial charge in [0.1, 0.15) is 0 Å². The summed E-state index contributed by atoms with van der Waals surface area (Å²) < 4.78 is 4.40. The minimum absolute atomic E-state index is 0.233. The van der Waals surface area contributed by atoms with Crippen molar-refractivity contribution in [2.75, 3.05) is 32.5 Å². The van der Waals surface area contributed by atoms with Gasteiger partial charge in [0, 0.05) is 27.2 Å². The number of hydrogen-bond acceptors (Lipinski definition) is 5. The molecule has 26 heavy (non-hydrogen) atoms. The number of anilines is 1. The second-order valence-corrected chi connectivity index (χ2v) is 6.62. The second kappa shape index (κ2) is 7.17. The van der Waals surface area contributed by atoms with Gasteiger partial charge in [-0.2, -0.15) is 4.98 Å². The molecule has 0 fully saturated rings. The van der Waals surface area contributed by atoms with Crippen LogP contribution in [0.3, 0.4) is 0 Å². The summed E-state index contributed by atoms with van der Waals surface area (Å²) in [5.41, 5.74) is 0.999. The van der Waals surface area contributed by atoms with Crippen LogP contribution in [0.5, 0.6) is 0 Å². The molecule has 1 aromatic carbocycles. The average molecular weight is 356 g/mol. The minimum atomic E-state index is -0.371. The Morgan fingerprint density at radius 2 is 1.77 bits per heavy atom. The first-order chi connectivity index (χ1) is 12.4. The first-order valence-corrected chi connectivity index (χ1v) is 8.49. The molecule has 3 aromatic rings. The highest BCUT2D eigenvalue weighted by molar-refractivity contribution is 5.74. The quantitative estimate of drug-likeness (QED) is 0.694. The van der Waals surface area contributed by atoms with Gasteiger partial charge in [0.25, 0.3) is 5.56 Å². The summed E-state index contributed by atoms with van der Waals surface area (Å²) in [6.45, 7) is 1.76. The molecule has 8 nitrogen and oxygen atoms in total. The van der Waals surface area contributed by atoms with Crippen LogP contribution in [-0.4, -0.2) is 50.8 Å². The number of benzene rings is 1. The predicted octanol–water partition coefficient (Wildman–Crippen LogP) is 0.456. The van der Waals surface area contributed by atoms with Gasteiger partial charge in [0.2, 0.25) is 5.95 Å². The Balaban J connectivity index is 2.07. The fourth-order valence-corrected chi connectivity index (χ4v) is 2.90. The van der Waals surface area contributed by atoms with E-state index in [1.54, 1.807) is 18.7 Å². The van der Waals surface area contributed by atoms with Gasteiger partial charge in [-0.3, -0.25) is 13.9 Å². The van der Waals surface area contributed by atoms with Crippen molar-refractivity contribution >= 4 is 17.1 Å². The number of hydrogen-bond donors (Lipinski definition) is 1. The van der Waals surface area contributed by atoms with Crippen LogP contribution in [0.2, 0.25) is 0 Å². The highest BCUT2D eigenvalue weighted by Gasteiger charge is 2.18. The van der Waals surface area contributed by atoms with Crippen LogP contribution in [0, 0.1) is 0 Å². The number of rotatable bonds is 6.